The summed E-state index contributed by atoms with van der Waals surface area (Å²) in [6.45, 7) is 2.60. The summed E-state index contributed by atoms with van der Waals surface area (Å²) in [5, 5.41) is 3.78. The molecular weight excluding hydrogens is 272 g/mol. The molecule has 5 heteroatoms. The molecule has 2 aromatic rings. The molecule has 0 saturated heterocycles. The van der Waals surface area contributed by atoms with E-state index in [2.05, 4.69) is 5.32 Å². The fourth-order valence-corrected chi connectivity index (χ4v) is 2.13. The zero-order valence-corrected chi connectivity index (χ0v) is 12.3. The Balaban J connectivity index is 1.89. The number of aryl methyl sites for hydroxylation is 1. The SMILES string of the molecule is Cc1ccc2oc(C(=O)NCCCCC(N)=S)cc2c1. The summed E-state index contributed by atoms with van der Waals surface area (Å²) in [4.78, 5) is 12.5. The largest absolute Gasteiger partial charge is 0.451 e. The average molecular weight is 290 g/mol. The van der Waals surface area contributed by atoms with Gasteiger partial charge in [0.15, 0.2) is 5.76 Å². The summed E-state index contributed by atoms with van der Waals surface area (Å²) in [6, 6.07) is 7.61. The summed E-state index contributed by atoms with van der Waals surface area (Å²) in [5.74, 6) is 0.161. The number of furan rings is 1. The number of benzene rings is 1. The first kappa shape index (κ1) is 14.5. The van der Waals surface area contributed by atoms with Gasteiger partial charge in [-0.25, -0.2) is 0 Å². The molecule has 4 nitrogen and oxygen atoms in total. The molecule has 106 valence electrons. The van der Waals surface area contributed by atoms with E-state index in [0.29, 0.717) is 17.3 Å². The van der Waals surface area contributed by atoms with Crippen LogP contribution in [0.5, 0.6) is 0 Å². The topological polar surface area (TPSA) is 68.3 Å². The van der Waals surface area contributed by atoms with Crippen molar-refractivity contribution in [1.82, 2.24) is 5.32 Å². The van der Waals surface area contributed by atoms with Gasteiger partial charge in [0.25, 0.3) is 5.91 Å². The van der Waals surface area contributed by atoms with Crippen molar-refractivity contribution < 1.29 is 9.21 Å². The number of rotatable bonds is 6. The van der Waals surface area contributed by atoms with Gasteiger partial charge in [-0.15, -0.1) is 0 Å². The van der Waals surface area contributed by atoms with Gasteiger partial charge in [-0.1, -0.05) is 23.8 Å². The first-order valence-electron chi connectivity index (χ1n) is 6.63. The van der Waals surface area contributed by atoms with Gasteiger partial charge in [0.2, 0.25) is 0 Å². The lowest BCUT2D eigenvalue weighted by atomic mass is 10.2. The third-order valence-electron chi connectivity index (χ3n) is 3.03. The highest BCUT2D eigenvalue weighted by Gasteiger charge is 2.11. The fourth-order valence-electron chi connectivity index (χ4n) is 1.99. The molecular formula is C15H18N2O2S. The molecule has 1 aromatic carbocycles. The van der Waals surface area contributed by atoms with E-state index in [9.17, 15) is 4.79 Å². The lowest BCUT2D eigenvalue weighted by molar-refractivity contribution is 0.0927. The van der Waals surface area contributed by atoms with Crippen molar-refractivity contribution >= 4 is 34.1 Å². The van der Waals surface area contributed by atoms with E-state index < -0.39 is 0 Å². The first-order chi connectivity index (χ1) is 9.56. The Morgan fingerprint density at radius 2 is 2.15 bits per heavy atom. The van der Waals surface area contributed by atoms with Gasteiger partial charge in [0.1, 0.15) is 5.58 Å². The summed E-state index contributed by atoms with van der Waals surface area (Å²) < 4.78 is 5.53. The van der Waals surface area contributed by atoms with Crippen molar-refractivity contribution in [2.45, 2.75) is 26.2 Å². The van der Waals surface area contributed by atoms with Gasteiger partial charge in [-0.05, 0) is 44.4 Å². The summed E-state index contributed by atoms with van der Waals surface area (Å²) >= 11 is 4.80. The number of hydrogen-bond acceptors (Lipinski definition) is 3. The Hall–Kier alpha value is -1.88. The maximum atomic E-state index is 11.9. The van der Waals surface area contributed by atoms with E-state index in [1.165, 1.54) is 0 Å². The van der Waals surface area contributed by atoms with E-state index >= 15 is 0 Å². The Kier molecular flexibility index (Phi) is 4.74. The van der Waals surface area contributed by atoms with E-state index in [1.54, 1.807) is 6.07 Å². The van der Waals surface area contributed by atoms with Gasteiger partial charge in [0, 0.05) is 11.9 Å². The van der Waals surface area contributed by atoms with Gasteiger partial charge < -0.3 is 15.5 Å². The quantitative estimate of drug-likeness (QED) is 0.634. The van der Waals surface area contributed by atoms with Crippen LogP contribution in [0.1, 0.15) is 35.4 Å². The Labute approximate surface area is 123 Å². The normalized spacial score (nSPS) is 10.7. The monoisotopic (exact) mass is 290 g/mol. The minimum atomic E-state index is -0.186. The zero-order valence-electron chi connectivity index (χ0n) is 11.4. The van der Waals surface area contributed by atoms with Crippen LogP contribution >= 0.6 is 12.2 Å². The molecule has 20 heavy (non-hydrogen) atoms. The van der Waals surface area contributed by atoms with Crippen molar-refractivity contribution in [2.24, 2.45) is 5.73 Å². The molecule has 0 aliphatic heterocycles. The second-order valence-corrected chi connectivity index (χ2v) is 5.36. The minimum absolute atomic E-state index is 0.186. The van der Waals surface area contributed by atoms with Crippen LogP contribution in [0.4, 0.5) is 0 Å². The van der Waals surface area contributed by atoms with E-state index in [0.717, 1.165) is 35.8 Å². The molecule has 3 N–H and O–H groups in total. The second kappa shape index (κ2) is 6.52. The second-order valence-electron chi connectivity index (χ2n) is 4.83. The van der Waals surface area contributed by atoms with Crippen molar-refractivity contribution in [3.05, 3.63) is 35.6 Å². The number of unbranched alkanes of at least 4 members (excludes halogenated alkanes) is 1. The number of fused-ring (bicyclic) bond motifs is 1. The molecule has 0 aliphatic rings. The summed E-state index contributed by atoms with van der Waals surface area (Å²) in [7, 11) is 0. The highest BCUT2D eigenvalue weighted by molar-refractivity contribution is 7.80. The van der Waals surface area contributed by atoms with Crippen LogP contribution in [-0.4, -0.2) is 17.4 Å². The number of thiocarbonyl (C=S) groups is 1. The maximum Gasteiger partial charge on any atom is 0.287 e. The maximum absolute atomic E-state index is 11.9. The highest BCUT2D eigenvalue weighted by Crippen LogP contribution is 2.20. The fraction of sp³-hybridized carbons (Fsp3) is 0.333. The number of amides is 1. The first-order valence-corrected chi connectivity index (χ1v) is 7.04. The highest BCUT2D eigenvalue weighted by atomic mass is 32.1. The third kappa shape index (κ3) is 3.81. The van der Waals surface area contributed by atoms with Crippen LogP contribution in [0.2, 0.25) is 0 Å². The lowest BCUT2D eigenvalue weighted by Gasteiger charge is -2.02. The van der Waals surface area contributed by atoms with Crippen LogP contribution in [0.3, 0.4) is 0 Å². The standard InChI is InChI=1S/C15H18N2O2S/c1-10-5-6-12-11(8-10)9-13(19-12)15(18)17-7-3-2-4-14(16)20/h5-6,8-9H,2-4,7H2,1H3,(H2,16,20)(H,17,18). The van der Waals surface area contributed by atoms with Crippen molar-refractivity contribution in [3.8, 4) is 0 Å². The van der Waals surface area contributed by atoms with E-state index in [-0.39, 0.29) is 5.91 Å². The Morgan fingerprint density at radius 3 is 2.90 bits per heavy atom. The van der Waals surface area contributed by atoms with Crippen LogP contribution in [0.25, 0.3) is 11.0 Å². The number of nitrogens with two attached hydrogens (primary N) is 1. The molecule has 1 heterocycles. The van der Waals surface area contributed by atoms with Gasteiger partial charge >= 0.3 is 0 Å². The number of hydrogen-bond donors (Lipinski definition) is 2. The van der Waals surface area contributed by atoms with Crippen LogP contribution in [-0.2, 0) is 0 Å². The van der Waals surface area contributed by atoms with Gasteiger partial charge in [-0.2, -0.15) is 0 Å². The third-order valence-corrected chi connectivity index (χ3v) is 3.24. The van der Waals surface area contributed by atoms with Crippen molar-refractivity contribution in [1.29, 1.82) is 0 Å². The number of carbonyl (C=O) groups is 1. The van der Waals surface area contributed by atoms with Crippen LogP contribution in [0, 0.1) is 6.92 Å². The van der Waals surface area contributed by atoms with Gasteiger partial charge in [-0.3, -0.25) is 4.79 Å². The van der Waals surface area contributed by atoms with Crippen molar-refractivity contribution in [2.75, 3.05) is 6.54 Å². The molecule has 0 radical (unpaired) electrons. The molecule has 0 aliphatic carbocycles. The molecule has 0 unspecified atom stereocenters. The van der Waals surface area contributed by atoms with Crippen LogP contribution in [0.15, 0.2) is 28.7 Å². The summed E-state index contributed by atoms with van der Waals surface area (Å²) in [5.41, 5.74) is 7.28. The van der Waals surface area contributed by atoms with E-state index in [1.807, 2.05) is 25.1 Å². The Bertz CT molecular complexity index is 634. The molecule has 1 amide bonds. The minimum Gasteiger partial charge on any atom is -0.451 e. The molecule has 0 saturated carbocycles. The molecule has 1 aromatic heterocycles. The summed E-state index contributed by atoms with van der Waals surface area (Å²) in [6.07, 6.45) is 2.45. The van der Waals surface area contributed by atoms with Crippen LogP contribution < -0.4 is 11.1 Å². The van der Waals surface area contributed by atoms with Crippen molar-refractivity contribution in [3.63, 3.8) is 0 Å². The number of carbonyl (C=O) groups excluding carboxylic acids is 1. The number of nitrogens with one attached hydrogen (secondary N) is 1. The molecule has 0 spiro atoms. The molecule has 0 atom stereocenters. The Morgan fingerprint density at radius 1 is 1.35 bits per heavy atom. The molecule has 0 fully saturated rings. The predicted octanol–water partition coefficient (Wildman–Crippen LogP) is 2.93. The zero-order chi connectivity index (χ0) is 14.5. The average Bonchev–Trinajstić information content (AvgIpc) is 2.80. The molecule has 2 rings (SSSR count). The lowest BCUT2D eigenvalue weighted by Crippen LogP contribution is -2.24. The van der Waals surface area contributed by atoms with E-state index in [4.69, 9.17) is 22.4 Å². The predicted molar refractivity (Wildman–Crippen MR) is 83.9 cm³/mol. The molecule has 0 bridgehead atoms. The smallest absolute Gasteiger partial charge is 0.287 e. The van der Waals surface area contributed by atoms with Gasteiger partial charge in [0.05, 0.1) is 4.99 Å².